The highest BCUT2D eigenvalue weighted by Crippen LogP contribution is 2.40. The van der Waals surface area contributed by atoms with E-state index in [4.69, 9.17) is 39.8 Å². The number of halogens is 3. The molecule has 3 aromatic rings. The van der Waals surface area contributed by atoms with E-state index in [0.717, 1.165) is 47.6 Å². The molecule has 2 aromatic carbocycles. The molecular weight excluding hydrogens is 459 g/mol. The molecule has 30 heavy (non-hydrogen) atoms. The average Bonchev–Trinajstić information content (AvgIpc) is 3.15. The summed E-state index contributed by atoms with van der Waals surface area (Å²) in [6, 6.07) is 13.0. The third-order valence-corrected chi connectivity index (χ3v) is 7.37. The predicted octanol–water partition coefficient (Wildman–Crippen LogP) is 7.75. The second-order valence-corrected chi connectivity index (χ2v) is 10.0. The van der Waals surface area contributed by atoms with E-state index in [-0.39, 0.29) is 11.9 Å². The number of nitrogens with one attached hydrogen (secondary N) is 1. The molecular formula is C23H21Cl3N2OS. The molecule has 0 saturated heterocycles. The zero-order valence-corrected chi connectivity index (χ0v) is 19.5. The molecule has 1 fully saturated rings. The van der Waals surface area contributed by atoms with Gasteiger partial charge in [0.1, 0.15) is 0 Å². The number of carbonyl (C=O) groups is 1. The van der Waals surface area contributed by atoms with E-state index < -0.39 is 0 Å². The fraction of sp³-hybridized carbons (Fsp3) is 0.304. The van der Waals surface area contributed by atoms with Crippen molar-refractivity contribution in [3.63, 3.8) is 0 Å². The molecule has 1 aliphatic carbocycles. The minimum absolute atomic E-state index is 0.133. The van der Waals surface area contributed by atoms with Gasteiger partial charge in [-0.05, 0) is 67.5 Å². The highest BCUT2D eigenvalue weighted by molar-refractivity contribution is 7.17. The molecule has 3 nitrogen and oxygen atoms in total. The first-order chi connectivity index (χ1) is 14.4. The van der Waals surface area contributed by atoms with Crippen molar-refractivity contribution in [2.45, 2.75) is 38.6 Å². The lowest BCUT2D eigenvalue weighted by Crippen LogP contribution is -2.37. The van der Waals surface area contributed by atoms with Gasteiger partial charge in [0, 0.05) is 21.7 Å². The fourth-order valence-corrected chi connectivity index (χ4v) is 5.34. The summed E-state index contributed by atoms with van der Waals surface area (Å²) in [6.07, 6.45) is 4.31. The Morgan fingerprint density at radius 2 is 1.67 bits per heavy atom. The van der Waals surface area contributed by atoms with Gasteiger partial charge in [-0.3, -0.25) is 4.79 Å². The van der Waals surface area contributed by atoms with Crippen LogP contribution in [-0.4, -0.2) is 16.9 Å². The van der Waals surface area contributed by atoms with E-state index in [1.807, 2.05) is 30.3 Å². The first kappa shape index (κ1) is 21.6. The monoisotopic (exact) mass is 478 g/mol. The summed E-state index contributed by atoms with van der Waals surface area (Å²) >= 11 is 20.0. The summed E-state index contributed by atoms with van der Waals surface area (Å²) in [5.74, 6) is 0.597. The quantitative estimate of drug-likeness (QED) is 0.415. The summed E-state index contributed by atoms with van der Waals surface area (Å²) in [6.45, 7) is 2.26. The highest BCUT2D eigenvalue weighted by Gasteiger charge is 2.24. The molecule has 1 aromatic heterocycles. The van der Waals surface area contributed by atoms with Crippen molar-refractivity contribution in [3.05, 3.63) is 62.5 Å². The standard InChI is InChI=1S/C23H21Cl3N2OS/c1-13-2-9-17(10-3-13)27-22(29)23-28-20(18-11-8-16(25)12-19(18)26)21(30-23)14-4-6-15(24)7-5-14/h4-8,11-13,17H,2-3,9-10H2,1H3,(H,27,29). The molecule has 156 valence electrons. The Labute approximate surface area is 195 Å². The minimum Gasteiger partial charge on any atom is -0.347 e. The lowest BCUT2D eigenvalue weighted by atomic mass is 9.87. The van der Waals surface area contributed by atoms with Gasteiger partial charge >= 0.3 is 0 Å². The number of benzene rings is 2. The summed E-state index contributed by atoms with van der Waals surface area (Å²) < 4.78 is 0. The molecule has 0 atom stereocenters. The number of thiazole rings is 1. The third kappa shape index (κ3) is 4.83. The zero-order valence-electron chi connectivity index (χ0n) is 16.4. The Balaban J connectivity index is 1.70. The van der Waals surface area contributed by atoms with Crippen LogP contribution in [0.4, 0.5) is 0 Å². The topological polar surface area (TPSA) is 42.0 Å². The zero-order chi connectivity index (χ0) is 21.3. The molecule has 1 saturated carbocycles. The molecule has 0 radical (unpaired) electrons. The van der Waals surface area contributed by atoms with Gasteiger partial charge in [0.25, 0.3) is 5.91 Å². The van der Waals surface area contributed by atoms with Crippen LogP contribution < -0.4 is 5.32 Å². The SMILES string of the molecule is CC1CCC(NC(=O)c2nc(-c3ccc(Cl)cc3Cl)c(-c3ccc(Cl)cc3)s2)CC1. The van der Waals surface area contributed by atoms with Crippen molar-refractivity contribution in [1.82, 2.24) is 10.3 Å². The van der Waals surface area contributed by atoms with Crippen LogP contribution in [0.25, 0.3) is 21.7 Å². The Morgan fingerprint density at radius 1 is 1.00 bits per heavy atom. The van der Waals surface area contributed by atoms with Crippen molar-refractivity contribution < 1.29 is 4.79 Å². The van der Waals surface area contributed by atoms with Crippen LogP contribution in [0.2, 0.25) is 15.1 Å². The Kier molecular flexibility index (Phi) is 6.69. The van der Waals surface area contributed by atoms with Gasteiger partial charge in [-0.25, -0.2) is 4.98 Å². The number of amides is 1. The van der Waals surface area contributed by atoms with Gasteiger partial charge < -0.3 is 5.32 Å². The van der Waals surface area contributed by atoms with Crippen LogP contribution >= 0.6 is 46.1 Å². The van der Waals surface area contributed by atoms with E-state index >= 15 is 0 Å². The number of aromatic nitrogens is 1. The maximum Gasteiger partial charge on any atom is 0.280 e. The van der Waals surface area contributed by atoms with E-state index in [9.17, 15) is 4.79 Å². The summed E-state index contributed by atoms with van der Waals surface area (Å²) in [4.78, 5) is 18.5. The third-order valence-electron chi connectivity index (χ3n) is 5.47. The number of nitrogens with zero attached hydrogens (tertiary/aromatic N) is 1. The van der Waals surface area contributed by atoms with Crippen LogP contribution in [0.1, 0.15) is 42.4 Å². The van der Waals surface area contributed by atoms with Crippen molar-refractivity contribution in [3.8, 4) is 21.7 Å². The highest BCUT2D eigenvalue weighted by atomic mass is 35.5. The maximum absolute atomic E-state index is 13.0. The predicted molar refractivity (Wildman–Crippen MR) is 127 cm³/mol. The molecule has 1 aliphatic rings. The summed E-state index contributed by atoms with van der Waals surface area (Å²) in [5.41, 5.74) is 2.35. The maximum atomic E-state index is 13.0. The largest absolute Gasteiger partial charge is 0.347 e. The molecule has 0 aliphatic heterocycles. The van der Waals surface area contributed by atoms with Gasteiger partial charge in [0.15, 0.2) is 5.01 Å². The number of hydrogen-bond acceptors (Lipinski definition) is 3. The van der Waals surface area contributed by atoms with Gasteiger partial charge in [-0.1, -0.05) is 53.9 Å². The number of carbonyl (C=O) groups excluding carboxylic acids is 1. The summed E-state index contributed by atoms with van der Waals surface area (Å²) in [7, 11) is 0. The average molecular weight is 480 g/mol. The van der Waals surface area contributed by atoms with Crippen molar-refractivity contribution in [2.75, 3.05) is 0 Å². The van der Waals surface area contributed by atoms with Crippen molar-refractivity contribution in [1.29, 1.82) is 0 Å². The van der Waals surface area contributed by atoms with Gasteiger partial charge in [0.2, 0.25) is 0 Å². The first-order valence-electron chi connectivity index (χ1n) is 9.93. The molecule has 4 rings (SSSR count). The van der Waals surface area contributed by atoms with Crippen LogP contribution in [0.3, 0.4) is 0 Å². The summed E-state index contributed by atoms with van der Waals surface area (Å²) in [5, 5.41) is 5.30. The van der Waals surface area contributed by atoms with Gasteiger partial charge in [0.05, 0.1) is 15.6 Å². The molecule has 1 N–H and O–H groups in total. The molecule has 0 unspecified atom stereocenters. The second-order valence-electron chi connectivity index (χ2n) is 7.76. The first-order valence-corrected chi connectivity index (χ1v) is 11.9. The Morgan fingerprint density at radius 3 is 2.33 bits per heavy atom. The smallest absolute Gasteiger partial charge is 0.280 e. The Bertz CT molecular complexity index is 1060. The lowest BCUT2D eigenvalue weighted by molar-refractivity contribution is 0.0922. The van der Waals surface area contributed by atoms with Crippen molar-refractivity contribution in [2.24, 2.45) is 5.92 Å². The van der Waals surface area contributed by atoms with Crippen molar-refractivity contribution >= 4 is 52.0 Å². The van der Waals surface area contributed by atoms with Crippen LogP contribution in [0, 0.1) is 5.92 Å². The molecule has 1 amide bonds. The van der Waals surface area contributed by atoms with Gasteiger partial charge in [-0.15, -0.1) is 11.3 Å². The van der Waals surface area contributed by atoms with Gasteiger partial charge in [-0.2, -0.15) is 0 Å². The number of rotatable bonds is 4. The van der Waals surface area contributed by atoms with E-state index in [1.165, 1.54) is 11.3 Å². The van der Waals surface area contributed by atoms with E-state index in [0.29, 0.717) is 25.8 Å². The molecule has 0 spiro atoms. The number of hydrogen-bond donors (Lipinski definition) is 1. The molecule has 7 heteroatoms. The van der Waals surface area contributed by atoms with E-state index in [2.05, 4.69) is 12.2 Å². The van der Waals surface area contributed by atoms with Crippen LogP contribution in [0.5, 0.6) is 0 Å². The Hall–Kier alpha value is -1.59. The fourth-order valence-electron chi connectivity index (χ4n) is 3.73. The second kappa shape index (κ2) is 9.27. The van der Waals surface area contributed by atoms with Crippen LogP contribution in [-0.2, 0) is 0 Å². The van der Waals surface area contributed by atoms with Crippen LogP contribution in [0.15, 0.2) is 42.5 Å². The molecule has 0 bridgehead atoms. The lowest BCUT2D eigenvalue weighted by Gasteiger charge is -2.26. The molecule has 1 heterocycles. The minimum atomic E-state index is -0.133. The van der Waals surface area contributed by atoms with E-state index in [1.54, 1.807) is 12.1 Å². The normalized spacial score (nSPS) is 18.9.